The summed E-state index contributed by atoms with van der Waals surface area (Å²) in [5, 5.41) is 1.06. The minimum Gasteiger partial charge on any atom is -0.343 e. The van der Waals surface area contributed by atoms with Crippen molar-refractivity contribution < 1.29 is 8.42 Å². The Morgan fingerprint density at radius 1 is 1.04 bits per heavy atom. The first kappa shape index (κ1) is 18.5. The molecule has 0 amide bonds. The molecule has 0 unspecified atom stereocenters. The van der Waals surface area contributed by atoms with Gasteiger partial charge in [0.05, 0.1) is 10.6 Å². The summed E-state index contributed by atoms with van der Waals surface area (Å²) in [5.41, 5.74) is 3.66. The molecule has 0 saturated carbocycles. The number of fused-ring (bicyclic) bond motifs is 1. The molecule has 8 heteroatoms. The Morgan fingerprint density at radius 2 is 1.75 bits per heavy atom. The molecule has 3 aromatic heterocycles. The molecular formula is C20H17ClN4O2S. The lowest BCUT2D eigenvalue weighted by Gasteiger charge is -2.11. The smallest absolute Gasteiger partial charge is 0.261 e. The first-order valence-corrected chi connectivity index (χ1v) is 10.5. The van der Waals surface area contributed by atoms with Crippen molar-refractivity contribution in [1.82, 2.24) is 15.0 Å². The summed E-state index contributed by atoms with van der Waals surface area (Å²) in [7, 11) is -3.76. The van der Waals surface area contributed by atoms with Crippen LogP contribution < -0.4 is 4.72 Å². The van der Waals surface area contributed by atoms with Gasteiger partial charge < -0.3 is 4.98 Å². The minimum atomic E-state index is -3.76. The third-order valence-corrected chi connectivity index (χ3v) is 6.06. The van der Waals surface area contributed by atoms with E-state index in [4.69, 9.17) is 11.6 Å². The molecule has 1 aromatic carbocycles. The number of nitrogens with one attached hydrogen (secondary N) is 2. The van der Waals surface area contributed by atoms with Crippen LogP contribution in [0.2, 0.25) is 5.15 Å². The number of halogens is 1. The number of aryl methyl sites for hydroxylation is 1. The lowest BCUT2D eigenvalue weighted by Crippen LogP contribution is -2.13. The molecule has 0 spiro atoms. The van der Waals surface area contributed by atoms with E-state index >= 15 is 0 Å². The summed E-state index contributed by atoms with van der Waals surface area (Å²) in [4.78, 5) is 12.0. The highest BCUT2D eigenvalue weighted by Crippen LogP contribution is 2.29. The van der Waals surface area contributed by atoms with Crippen LogP contribution in [0.4, 0.5) is 5.69 Å². The summed E-state index contributed by atoms with van der Waals surface area (Å²) in [5.74, 6) is 0. The van der Waals surface area contributed by atoms with Crippen molar-refractivity contribution in [3.63, 3.8) is 0 Å². The van der Waals surface area contributed by atoms with Crippen molar-refractivity contribution in [3.05, 3.63) is 71.8 Å². The third kappa shape index (κ3) is 3.58. The topological polar surface area (TPSA) is 87.7 Å². The number of benzene rings is 1. The molecule has 0 aliphatic heterocycles. The monoisotopic (exact) mass is 412 g/mol. The standard InChI is InChI=1S/C20H17ClN4O2S/c1-2-16-9-13-8-14(12-23-20(13)24-16)15-10-18(19(21)22-11-15)25-28(26,27)17-6-4-3-5-7-17/h3-12,25H,2H2,1H3,(H,23,24). The predicted molar refractivity (Wildman–Crippen MR) is 111 cm³/mol. The van der Waals surface area contributed by atoms with Crippen LogP contribution in [-0.4, -0.2) is 23.4 Å². The molecule has 142 valence electrons. The zero-order valence-electron chi connectivity index (χ0n) is 15.0. The lowest BCUT2D eigenvalue weighted by atomic mass is 10.1. The number of H-pyrrole nitrogens is 1. The average Bonchev–Trinajstić information content (AvgIpc) is 3.12. The van der Waals surface area contributed by atoms with Gasteiger partial charge in [0.1, 0.15) is 5.65 Å². The van der Waals surface area contributed by atoms with Crippen molar-refractivity contribution in [1.29, 1.82) is 0 Å². The number of nitrogens with zero attached hydrogens (tertiary/aromatic N) is 2. The number of sulfonamides is 1. The fourth-order valence-corrected chi connectivity index (χ4v) is 4.19. The van der Waals surface area contributed by atoms with Crippen LogP contribution in [0.1, 0.15) is 12.6 Å². The largest absolute Gasteiger partial charge is 0.343 e. The van der Waals surface area contributed by atoms with Crippen LogP contribution in [0.15, 0.2) is 65.8 Å². The van der Waals surface area contributed by atoms with Crippen LogP contribution in [0.5, 0.6) is 0 Å². The number of hydrogen-bond acceptors (Lipinski definition) is 4. The van der Waals surface area contributed by atoms with Gasteiger partial charge in [0.2, 0.25) is 0 Å². The van der Waals surface area contributed by atoms with E-state index in [0.29, 0.717) is 5.56 Å². The maximum Gasteiger partial charge on any atom is 0.261 e. The Hall–Kier alpha value is -2.90. The molecule has 4 aromatic rings. The number of hydrogen-bond donors (Lipinski definition) is 2. The summed E-state index contributed by atoms with van der Waals surface area (Å²) in [6.45, 7) is 2.07. The molecule has 0 bridgehead atoms. The summed E-state index contributed by atoms with van der Waals surface area (Å²) in [6, 6.07) is 13.8. The number of rotatable bonds is 5. The van der Waals surface area contributed by atoms with Gasteiger partial charge in [-0.15, -0.1) is 0 Å². The summed E-state index contributed by atoms with van der Waals surface area (Å²) < 4.78 is 27.7. The molecule has 0 aliphatic carbocycles. The van der Waals surface area contributed by atoms with Gasteiger partial charge >= 0.3 is 0 Å². The van der Waals surface area contributed by atoms with Gasteiger partial charge in [-0.05, 0) is 36.8 Å². The molecule has 6 nitrogen and oxygen atoms in total. The number of anilines is 1. The van der Waals surface area contributed by atoms with E-state index in [1.807, 2.05) is 12.1 Å². The maximum atomic E-state index is 12.6. The Kier molecular flexibility index (Phi) is 4.78. The fourth-order valence-electron chi connectivity index (χ4n) is 2.90. The van der Waals surface area contributed by atoms with E-state index in [-0.39, 0.29) is 15.7 Å². The predicted octanol–water partition coefficient (Wildman–Crippen LogP) is 4.64. The van der Waals surface area contributed by atoms with E-state index in [9.17, 15) is 8.42 Å². The quantitative estimate of drug-likeness (QED) is 0.467. The van der Waals surface area contributed by atoms with E-state index in [1.54, 1.807) is 36.7 Å². The van der Waals surface area contributed by atoms with Crippen LogP contribution in [0.25, 0.3) is 22.2 Å². The van der Waals surface area contributed by atoms with Gasteiger partial charge in [-0.1, -0.05) is 36.7 Å². The van der Waals surface area contributed by atoms with E-state index < -0.39 is 10.0 Å². The van der Waals surface area contributed by atoms with Crippen LogP contribution in [0, 0.1) is 0 Å². The molecule has 0 aliphatic rings. The second kappa shape index (κ2) is 7.26. The van der Waals surface area contributed by atoms with Crippen LogP contribution in [-0.2, 0) is 16.4 Å². The Bertz CT molecular complexity index is 1250. The number of aromatic amines is 1. The van der Waals surface area contributed by atoms with Crippen molar-refractivity contribution in [3.8, 4) is 11.1 Å². The maximum absolute atomic E-state index is 12.6. The molecule has 0 atom stereocenters. The fraction of sp³-hybridized carbons (Fsp3) is 0.100. The molecular weight excluding hydrogens is 396 g/mol. The molecule has 2 N–H and O–H groups in total. The average molecular weight is 413 g/mol. The second-order valence-electron chi connectivity index (χ2n) is 6.29. The Morgan fingerprint density at radius 3 is 2.50 bits per heavy atom. The highest BCUT2D eigenvalue weighted by molar-refractivity contribution is 7.92. The van der Waals surface area contributed by atoms with Crippen LogP contribution >= 0.6 is 11.6 Å². The third-order valence-electron chi connectivity index (χ3n) is 4.38. The molecule has 0 saturated heterocycles. The first-order chi connectivity index (χ1) is 13.5. The number of aromatic nitrogens is 3. The highest BCUT2D eigenvalue weighted by atomic mass is 35.5. The van der Waals surface area contributed by atoms with Crippen molar-refractivity contribution in [2.45, 2.75) is 18.2 Å². The minimum absolute atomic E-state index is 0.0761. The zero-order valence-corrected chi connectivity index (χ0v) is 16.6. The number of pyridine rings is 2. The van der Waals surface area contributed by atoms with Crippen molar-refractivity contribution >= 4 is 38.3 Å². The van der Waals surface area contributed by atoms with Gasteiger partial charge in [-0.2, -0.15) is 0 Å². The second-order valence-corrected chi connectivity index (χ2v) is 8.33. The first-order valence-electron chi connectivity index (χ1n) is 8.67. The molecule has 4 rings (SSSR count). The Labute approximate surface area is 167 Å². The van der Waals surface area contributed by atoms with Gasteiger partial charge in [-0.3, -0.25) is 4.72 Å². The molecule has 0 radical (unpaired) electrons. The van der Waals surface area contributed by atoms with E-state index in [1.165, 1.54) is 12.1 Å². The molecule has 0 fully saturated rings. The highest BCUT2D eigenvalue weighted by Gasteiger charge is 2.17. The normalized spacial score (nSPS) is 11.6. The Balaban J connectivity index is 1.71. The SMILES string of the molecule is CCc1cc2cc(-c3cnc(Cl)c(NS(=O)(=O)c4ccccc4)c3)cnc2[nH]1. The lowest BCUT2D eigenvalue weighted by molar-refractivity contribution is 0.601. The van der Waals surface area contributed by atoms with Crippen LogP contribution in [0.3, 0.4) is 0 Å². The van der Waals surface area contributed by atoms with Gasteiger partial charge in [-0.25, -0.2) is 18.4 Å². The molecule has 28 heavy (non-hydrogen) atoms. The molecule has 3 heterocycles. The van der Waals surface area contributed by atoms with Gasteiger partial charge in [0.15, 0.2) is 5.15 Å². The van der Waals surface area contributed by atoms with Gasteiger partial charge in [0, 0.05) is 34.6 Å². The van der Waals surface area contributed by atoms with E-state index in [0.717, 1.165) is 28.7 Å². The van der Waals surface area contributed by atoms with Crippen molar-refractivity contribution in [2.24, 2.45) is 0 Å². The zero-order chi connectivity index (χ0) is 19.7. The van der Waals surface area contributed by atoms with Crippen molar-refractivity contribution in [2.75, 3.05) is 4.72 Å². The van der Waals surface area contributed by atoms with E-state index in [2.05, 4.69) is 26.6 Å². The summed E-state index contributed by atoms with van der Waals surface area (Å²) in [6.07, 6.45) is 4.21. The summed E-state index contributed by atoms with van der Waals surface area (Å²) >= 11 is 6.14. The van der Waals surface area contributed by atoms with Gasteiger partial charge in [0.25, 0.3) is 10.0 Å².